The van der Waals surface area contributed by atoms with Crippen LogP contribution in [0.2, 0.25) is 0 Å². The summed E-state index contributed by atoms with van der Waals surface area (Å²) in [7, 11) is 0. The third-order valence-corrected chi connectivity index (χ3v) is 5.26. The summed E-state index contributed by atoms with van der Waals surface area (Å²) in [5.74, 6) is -1.50. The number of ketones is 3. The third kappa shape index (κ3) is 2.12. The summed E-state index contributed by atoms with van der Waals surface area (Å²) in [4.78, 5) is 37.5. The average Bonchev–Trinajstić information content (AvgIpc) is 2.57. The predicted octanol–water partition coefficient (Wildman–Crippen LogP) is 2.57. The van der Waals surface area contributed by atoms with E-state index >= 15 is 0 Å². The van der Waals surface area contributed by atoms with Crippen molar-refractivity contribution in [2.24, 2.45) is 5.92 Å². The number of carbonyl (C=O) groups is 3. The largest absolute Gasteiger partial charge is 0.507 e. The Labute approximate surface area is 143 Å². The van der Waals surface area contributed by atoms with Gasteiger partial charge in [-0.15, -0.1) is 0 Å². The lowest BCUT2D eigenvalue weighted by Crippen LogP contribution is -2.27. The minimum atomic E-state index is -0.545. The molecule has 1 unspecified atom stereocenters. The van der Waals surface area contributed by atoms with E-state index in [9.17, 15) is 24.6 Å². The van der Waals surface area contributed by atoms with E-state index in [-0.39, 0.29) is 51.2 Å². The summed E-state index contributed by atoms with van der Waals surface area (Å²) in [5.41, 5.74) is 1.75. The van der Waals surface area contributed by atoms with Gasteiger partial charge in [0.15, 0.2) is 5.78 Å². The molecule has 0 aromatic heterocycles. The Morgan fingerprint density at radius 3 is 2.52 bits per heavy atom. The van der Waals surface area contributed by atoms with Crippen LogP contribution in [0.4, 0.5) is 0 Å². The van der Waals surface area contributed by atoms with E-state index < -0.39 is 5.78 Å². The van der Waals surface area contributed by atoms with Gasteiger partial charge in [-0.1, -0.05) is 12.1 Å². The minimum absolute atomic E-state index is 0.0426. The summed E-state index contributed by atoms with van der Waals surface area (Å²) in [6, 6.07) is 5.86. The van der Waals surface area contributed by atoms with Gasteiger partial charge in [-0.3, -0.25) is 14.4 Å². The second kappa shape index (κ2) is 5.28. The molecule has 5 heteroatoms. The van der Waals surface area contributed by atoms with Crippen molar-refractivity contribution in [3.05, 3.63) is 57.6 Å². The zero-order chi connectivity index (χ0) is 17.9. The number of benzene rings is 2. The topological polar surface area (TPSA) is 91.7 Å². The van der Waals surface area contributed by atoms with Crippen molar-refractivity contribution in [3.8, 4) is 11.5 Å². The van der Waals surface area contributed by atoms with Crippen LogP contribution in [0.1, 0.15) is 56.3 Å². The van der Waals surface area contributed by atoms with Crippen molar-refractivity contribution < 1.29 is 24.6 Å². The molecule has 2 aromatic rings. The highest BCUT2D eigenvalue weighted by molar-refractivity contribution is 6.30. The molecule has 2 aliphatic rings. The molecule has 0 radical (unpaired) electrons. The number of phenolic OH excluding ortho intramolecular Hbond substituents is 2. The zero-order valence-electron chi connectivity index (χ0n) is 13.6. The van der Waals surface area contributed by atoms with Crippen LogP contribution in [0.3, 0.4) is 0 Å². The Morgan fingerprint density at radius 2 is 1.80 bits per heavy atom. The highest BCUT2D eigenvalue weighted by Gasteiger charge is 2.38. The lowest BCUT2D eigenvalue weighted by molar-refractivity contribution is -0.121. The van der Waals surface area contributed by atoms with Gasteiger partial charge in [0.05, 0.1) is 11.1 Å². The summed E-state index contributed by atoms with van der Waals surface area (Å²) >= 11 is 0. The number of carbonyl (C=O) groups excluding carboxylic acids is 3. The molecule has 2 N–H and O–H groups in total. The zero-order valence-corrected chi connectivity index (χ0v) is 13.6. The number of phenols is 2. The second-order valence-corrected chi connectivity index (χ2v) is 6.69. The molecular formula is C20H16O5. The Morgan fingerprint density at radius 1 is 1.04 bits per heavy atom. The normalized spacial score (nSPS) is 18.4. The maximum absolute atomic E-state index is 13.0. The molecule has 4 rings (SSSR count). The second-order valence-electron chi connectivity index (χ2n) is 6.69. The number of aromatic hydroxyl groups is 2. The molecule has 1 atom stereocenters. The minimum Gasteiger partial charge on any atom is -0.507 e. The SMILES string of the molecule is CC(=O)C1CCc2c(cc(O)c3c2C(=O)c2cccc(O)c2C3=O)C1. The van der Waals surface area contributed by atoms with Gasteiger partial charge >= 0.3 is 0 Å². The smallest absolute Gasteiger partial charge is 0.201 e. The first-order valence-electron chi connectivity index (χ1n) is 8.19. The predicted molar refractivity (Wildman–Crippen MR) is 89.3 cm³/mol. The average molecular weight is 336 g/mol. The van der Waals surface area contributed by atoms with Crippen molar-refractivity contribution in [2.75, 3.05) is 0 Å². The fourth-order valence-electron chi connectivity index (χ4n) is 3.97. The van der Waals surface area contributed by atoms with Crippen LogP contribution in [0.5, 0.6) is 11.5 Å². The Balaban J connectivity index is 1.96. The highest BCUT2D eigenvalue weighted by atomic mass is 16.3. The van der Waals surface area contributed by atoms with Gasteiger partial charge in [0.2, 0.25) is 5.78 Å². The fourth-order valence-corrected chi connectivity index (χ4v) is 3.97. The van der Waals surface area contributed by atoms with Crippen LogP contribution in [0.15, 0.2) is 24.3 Å². The molecule has 0 bridgehead atoms. The maximum atomic E-state index is 13.0. The number of hydrogen-bond donors (Lipinski definition) is 2. The van der Waals surface area contributed by atoms with Crippen molar-refractivity contribution in [1.82, 2.24) is 0 Å². The third-order valence-electron chi connectivity index (χ3n) is 5.26. The van der Waals surface area contributed by atoms with Crippen LogP contribution in [-0.2, 0) is 17.6 Å². The molecule has 2 aliphatic carbocycles. The van der Waals surface area contributed by atoms with Gasteiger partial charge in [0, 0.05) is 17.0 Å². The number of Topliss-reactive ketones (excluding diaryl/α,β-unsaturated/α-hetero) is 1. The molecule has 0 heterocycles. The van der Waals surface area contributed by atoms with Crippen LogP contribution in [0.25, 0.3) is 0 Å². The van der Waals surface area contributed by atoms with Gasteiger partial charge in [0.25, 0.3) is 0 Å². The summed E-state index contributed by atoms with van der Waals surface area (Å²) in [6.07, 6.45) is 1.59. The van der Waals surface area contributed by atoms with Crippen molar-refractivity contribution in [2.45, 2.75) is 26.2 Å². The molecule has 0 amide bonds. The van der Waals surface area contributed by atoms with Gasteiger partial charge in [-0.25, -0.2) is 0 Å². The summed E-state index contributed by atoms with van der Waals surface area (Å²) in [6.45, 7) is 1.54. The Kier molecular flexibility index (Phi) is 3.29. The monoisotopic (exact) mass is 336 g/mol. The lowest BCUT2D eigenvalue weighted by Gasteiger charge is -2.28. The molecule has 25 heavy (non-hydrogen) atoms. The molecule has 2 aromatic carbocycles. The number of hydrogen-bond acceptors (Lipinski definition) is 5. The molecule has 126 valence electrons. The molecule has 0 spiro atoms. The lowest BCUT2D eigenvalue weighted by atomic mass is 9.74. The van der Waals surface area contributed by atoms with Crippen molar-refractivity contribution >= 4 is 17.3 Å². The van der Waals surface area contributed by atoms with Gasteiger partial charge in [-0.2, -0.15) is 0 Å². The van der Waals surface area contributed by atoms with E-state index in [1.165, 1.54) is 24.3 Å². The standard InChI is InChI=1S/C20H16O5/c1-9(21)10-5-6-12-11(7-10)8-15(23)18-17(12)19(24)13-3-2-4-14(22)16(13)20(18)25/h2-4,8,10,22-23H,5-7H2,1H3. The van der Waals surface area contributed by atoms with Crippen LogP contribution in [0, 0.1) is 5.92 Å². The molecular weight excluding hydrogens is 320 g/mol. The summed E-state index contributed by atoms with van der Waals surface area (Å²) in [5, 5.41) is 20.4. The molecule has 0 aliphatic heterocycles. The van der Waals surface area contributed by atoms with Crippen LogP contribution in [-0.4, -0.2) is 27.6 Å². The first-order valence-corrected chi connectivity index (χ1v) is 8.19. The number of fused-ring (bicyclic) bond motifs is 4. The molecule has 5 nitrogen and oxygen atoms in total. The quantitative estimate of drug-likeness (QED) is 0.712. The van der Waals surface area contributed by atoms with E-state index in [4.69, 9.17) is 0 Å². The van der Waals surface area contributed by atoms with Gasteiger partial charge in [0.1, 0.15) is 17.3 Å². The Hall–Kier alpha value is -2.95. The first-order chi connectivity index (χ1) is 11.9. The van der Waals surface area contributed by atoms with E-state index in [2.05, 4.69) is 0 Å². The maximum Gasteiger partial charge on any atom is 0.201 e. The molecule has 0 saturated carbocycles. The van der Waals surface area contributed by atoms with E-state index in [0.29, 0.717) is 19.3 Å². The Bertz CT molecular complexity index is 971. The van der Waals surface area contributed by atoms with E-state index in [0.717, 1.165) is 11.1 Å². The molecule has 0 fully saturated rings. The van der Waals surface area contributed by atoms with Gasteiger partial charge in [-0.05, 0) is 49.4 Å². The fraction of sp³-hybridized carbons (Fsp3) is 0.250. The van der Waals surface area contributed by atoms with Crippen LogP contribution < -0.4 is 0 Å². The molecule has 0 saturated heterocycles. The van der Waals surface area contributed by atoms with Gasteiger partial charge < -0.3 is 10.2 Å². The van der Waals surface area contributed by atoms with Crippen LogP contribution >= 0.6 is 0 Å². The van der Waals surface area contributed by atoms with Crippen molar-refractivity contribution in [1.29, 1.82) is 0 Å². The van der Waals surface area contributed by atoms with E-state index in [1.807, 2.05) is 0 Å². The first kappa shape index (κ1) is 15.6. The van der Waals surface area contributed by atoms with E-state index in [1.54, 1.807) is 6.92 Å². The number of rotatable bonds is 1. The highest BCUT2D eigenvalue weighted by Crippen LogP contribution is 2.42. The van der Waals surface area contributed by atoms with Crippen molar-refractivity contribution in [3.63, 3.8) is 0 Å². The summed E-state index contributed by atoms with van der Waals surface area (Å²) < 4.78 is 0.